The van der Waals surface area contributed by atoms with Gasteiger partial charge in [0.15, 0.2) is 0 Å². The van der Waals surface area contributed by atoms with E-state index in [1.807, 2.05) is 49.5 Å². The monoisotopic (exact) mass is 394 g/mol. The number of carbonyl (C=O) groups is 1. The summed E-state index contributed by atoms with van der Waals surface area (Å²) >= 11 is 6.01. The summed E-state index contributed by atoms with van der Waals surface area (Å²) in [6.07, 6.45) is 3.65. The fourth-order valence-electron chi connectivity index (χ4n) is 3.02. The summed E-state index contributed by atoms with van der Waals surface area (Å²) in [6, 6.07) is 14.7. The van der Waals surface area contributed by atoms with E-state index in [4.69, 9.17) is 16.3 Å². The number of H-pyrrole nitrogens is 1. The van der Waals surface area contributed by atoms with Gasteiger partial charge in [-0.05, 0) is 55.5 Å². The molecule has 1 atom stereocenters. The van der Waals surface area contributed by atoms with Crippen LogP contribution in [-0.2, 0) is 0 Å². The number of hydrogen-bond acceptors (Lipinski definition) is 3. The van der Waals surface area contributed by atoms with Gasteiger partial charge in [0.1, 0.15) is 11.4 Å². The zero-order valence-electron chi connectivity index (χ0n) is 15.4. The minimum absolute atomic E-state index is 0.183. The van der Waals surface area contributed by atoms with Crippen molar-refractivity contribution >= 4 is 28.4 Å². The number of hydrogen-bond donors (Lipinski definition) is 2. The van der Waals surface area contributed by atoms with Gasteiger partial charge in [0.25, 0.3) is 5.91 Å². The Hall–Kier alpha value is -3.25. The van der Waals surface area contributed by atoms with Crippen LogP contribution in [0.2, 0.25) is 5.02 Å². The standard InChI is InChI=1S/C21H19ClN4O2/c1-13(15-11-23-26(12-15)17-4-6-18(28-2)7-5-17)24-21(27)20-10-14-9-16(22)3-8-19(14)25-20/h3-13,25H,1-2H3,(H,24,27). The van der Waals surface area contributed by atoms with Gasteiger partial charge in [0.05, 0.1) is 25.0 Å². The second-order valence-corrected chi connectivity index (χ2v) is 6.96. The number of rotatable bonds is 5. The van der Waals surface area contributed by atoms with Gasteiger partial charge in [-0.15, -0.1) is 0 Å². The van der Waals surface area contributed by atoms with Gasteiger partial charge in [-0.3, -0.25) is 4.79 Å². The number of amides is 1. The molecule has 0 saturated heterocycles. The number of carbonyl (C=O) groups excluding carboxylic acids is 1. The van der Waals surface area contributed by atoms with Crippen LogP contribution in [0.1, 0.15) is 29.0 Å². The molecule has 0 aliphatic carbocycles. The molecule has 28 heavy (non-hydrogen) atoms. The number of nitrogens with one attached hydrogen (secondary N) is 2. The van der Waals surface area contributed by atoms with Crippen LogP contribution >= 0.6 is 11.6 Å². The Labute approximate surface area is 167 Å². The third kappa shape index (κ3) is 3.59. The highest BCUT2D eigenvalue weighted by atomic mass is 35.5. The molecule has 0 saturated carbocycles. The minimum atomic E-state index is -0.200. The van der Waals surface area contributed by atoms with E-state index in [-0.39, 0.29) is 11.9 Å². The number of halogens is 1. The number of aromatic nitrogens is 3. The van der Waals surface area contributed by atoms with Gasteiger partial charge in [0, 0.05) is 27.7 Å². The SMILES string of the molecule is COc1ccc(-n2cc(C(C)NC(=O)c3cc4cc(Cl)ccc4[nH]3)cn2)cc1. The van der Waals surface area contributed by atoms with Crippen molar-refractivity contribution < 1.29 is 9.53 Å². The predicted molar refractivity (Wildman–Crippen MR) is 109 cm³/mol. The van der Waals surface area contributed by atoms with Gasteiger partial charge in [-0.25, -0.2) is 4.68 Å². The Kier molecular flexibility index (Phi) is 4.79. The highest BCUT2D eigenvalue weighted by Crippen LogP contribution is 2.21. The van der Waals surface area contributed by atoms with Crippen LogP contribution in [0.15, 0.2) is 60.9 Å². The lowest BCUT2D eigenvalue weighted by atomic mass is 10.2. The molecule has 4 rings (SSSR count). The van der Waals surface area contributed by atoms with E-state index in [0.29, 0.717) is 10.7 Å². The van der Waals surface area contributed by atoms with Crippen molar-refractivity contribution in [1.29, 1.82) is 0 Å². The van der Waals surface area contributed by atoms with Gasteiger partial charge in [-0.2, -0.15) is 5.10 Å². The molecule has 1 unspecified atom stereocenters. The molecular formula is C21H19ClN4O2. The molecule has 0 radical (unpaired) electrons. The molecule has 0 aliphatic heterocycles. The Balaban J connectivity index is 1.48. The van der Waals surface area contributed by atoms with Crippen molar-refractivity contribution in [3.05, 3.63) is 77.2 Å². The summed E-state index contributed by atoms with van der Waals surface area (Å²) in [5.41, 5.74) is 3.18. The lowest BCUT2D eigenvalue weighted by Gasteiger charge is -2.11. The smallest absolute Gasteiger partial charge is 0.268 e. The van der Waals surface area contributed by atoms with E-state index in [1.54, 1.807) is 30.1 Å². The second kappa shape index (κ2) is 7.40. The van der Waals surface area contributed by atoms with Crippen LogP contribution in [0.5, 0.6) is 5.75 Å². The molecule has 0 aliphatic rings. The summed E-state index contributed by atoms with van der Waals surface area (Å²) in [5.74, 6) is 0.605. The Morgan fingerprint density at radius 1 is 1.21 bits per heavy atom. The van der Waals surface area contributed by atoms with E-state index in [9.17, 15) is 4.79 Å². The highest BCUT2D eigenvalue weighted by molar-refractivity contribution is 6.31. The molecule has 142 valence electrons. The number of benzene rings is 2. The average Bonchev–Trinajstić information content (AvgIpc) is 3.35. The largest absolute Gasteiger partial charge is 0.497 e. The quantitative estimate of drug-likeness (QED) is 0.523. The summed E-state index contributed by atoms with van der Waals surface area (Å²) < 4.78 is 6.94. The fraction of sp³-hybridized carbons (Fsp3) is 0.143. The van der Waals surface area contributed by atoms with Gasteiger partial charge in [-0.1, -0.05) is 11.6 Å². The molecule has 0 fully saturated rings. The van der Waals surface area contributed by atoms with E-state index in [2.05, 4.69) is 15.4 Å². The normalized spacial score (nSPS) is 12.1. The Morgan fingerprint density at radius 2 is 2.00 bits per heavy atom. The molecule has 0 spiro atoms. The van der Waals surface area contributed by atoms with Crippen LogP contribution in [0.25, 0.3) is 16.6 Å². The van der Waals surface area contributed by atoms with Crippen LogP contribution in [0, 0.1) is 0 Å². The van der Waals surface area contributed by atoms with Crippen molar-refractivity contribution in [2.45, 2.75) is 13.0 Å². The predicted octanol–water partition coefficient (Wildman–Crippen LogP) is 4.51. The second-order valence-electron chi connectivity index (χ2n) is 6.53. The van der Waals surface area contributed by atoms with Crippen molar-refractivity contribution in [3.63, 3.8) is 0 Å². The molecule has 2 heterocycles. The Bertz CT molecular complexity index is 1130. The van der Waals surface area contributed by atoms with Crippen molar-refractivity contribution in [3.8, 4) is 11.4 Å². The first-order chi connectivity index (χ1) is 13.5. The molecule has 2 aromatic carbocycles. The number of nitrogens with zero attached hydrogens (tertiary/aromatic N) is 2. The fourth-order valence-corrected chi connectivity index (χ4v) is 3.20. The number of ether oxygens (including phenoxy) is 1. The number of fused-ring (bicyclic) bond motifs is 1. The van der Waals surface area contributed by atoms with E-state index >= 15 is 0 Å². The summed E-state index contributed by atoms with van der Waals surface area (Å²) in [7, 11) is 1.63. The summed E-state index contributed by atoms with van der Waals surface area (Å²) in [6.45, 7) is 1.92. The summed E-state index contributed by atoms with van der Waals surface area (Å²) in [4.78, 5) is 15.7. The van der Waals surface area contributed by atoms with Crippen LogP contribution < -0.4 is 10.1 Å². The summed E-state index contributed by atoms with van der Waals surface area (Å²) in [5, 5.41) is 8.92. The van der Waals surface area contributed by atoms with Crippen molar-refractivity contribution in [2.75, 3.05) is 7.11 Å². The first-order valence-electron chi connectivity index (χ1n) is 8.81. The lowest BCUT2D eigenvalue weighted by Crippen LogP contribution is -2.26. The Morgan fingerprint density at radius 3 is 2.75 bits per heavy atom. The van der Waals surface area contributed by atoms with Crippen molar-refractivity contribution in [1.82, 2.24) is 20.1 Å². The first-order valence-corrected chi connectivity index (χ1v) is 9.19. The van der Waals surface area contributed by atoms with E-state index < -0.39 is 0 Å². The van der Waals surface area contributed by atoms with Crippen molar-refractivity contribution in [2.24, 2.45) is 0 Å². The first kappa shape index (κ1) is 18.1. The molecule has 2 N–H and O–H groups in total. The number of methoxy groups -OCH3 is 1. The van der Waals surface area contributed by atoms with Gasteiger partial charge in [0.2, 0.25) is 0 Å². The third-order valence-electron chi connectivity index (χ3n) is 4.61. The van der Waals surface area contributed by atoms with Crippen LogP contribution in [-0.4, -0.2) is 27.8 Å². The maximum atomic E-state index is 12.6. The molecular weight excluding hydrogens is 376 g/mol. The topological polar surface area (TPSA) is 71.9 Å². The molecule has 0 bridgehead atoms. The molecule has 1 amide bonds. The van der Waals surface area contributed by atoms with Crippen LogP contribution in [0.4, 0.5) is 0 Å². The minimum Gasteiger partial charge on any atom is -0.497 e. The lowest BCUT2D eigenvalue weighted by molar-refractivity contribution is 0.0935. The molecule has 7 heteroatoms. The maximum Gasteiger partial charge on any atom is 0.268 e. The number of aromatic amines is 1. The average molecular weight is 395 g/mol. The molecule has 2 aromatic heterocycles. The third-order valence-corrected chi connectivity index (χ3v) is 4.85. The zero-order chi connectivity index (χ0) is 19.7. The highest BCUT2D eigenvalue weighted by Gasteiger charge is 2.15. The zero-order valence-corrected chi connectivity index (χ0v) is 16.2. The van der Waals surface area contributed by atoms with Gasteiger partial charge >= 0.3 is 0 Å². The van der Waals surface area contributed by atoms with Crippen LogP contribution in [0.3, 0.4) is 0 Å². The van der Waals surface area contributed by atoms with E-state index in [0.717, 1.165) is 27.9 Å². The molecule has 6 nitrogen and oxygen atoms in total. The maximum absolute atomic E-state index is 12.6. The van der Waals surface area contributed by atoms with E-state index in [1.165, 1.54) is 0 Å². The molecule has 4 aromatic rings. The van der Waals surface area contributed by atoms with Gasteiger partial charge < -0.3 is 15.0 Å².